The highest BCUT2D eigenvalue weighted by atomic mass is 16.5. The van der Waals surface area contributed by atoms with Crippen LogP contribution < -0.4 is 10.5 Å². The number of likely N-dealkylation sites (N-methyl/N-ethyl adjacent to an activating group) is 1. The standard InChI is InChI=1S/C17H23N5O3/c1-3-22-7-5-6-17(10-22)11(9-18)15(19)25-16-14(17)12(20-21-16)8-13(23)24-4-2/h3-8,10,19H2,1-2H3,(H,20,21). The molecule has 1 aromatic rings. The first-order chi connectivity index (χ1) is 12.1. The Labute approximate surface area is 146 Å². The maximum Gasteiger partial charge on any atom is 0.311 e. The van der Waals surface area contributed by atoms with Gasteiger partial charge < -0.3 is 20.1 Å². The number of nitrogens with two attached hydrogens (primary N) is 1. The lowest BCUT2D eigenvalue weighted by atomic mass is 9.68. The Bertz CT molecular complexity index is 748. The van der Waals surface area contributed by atoms with Gasteiger partial charge in [-0.15, -0.1) is 5.10 Å². The summed E-state index contributed by atoms with van der Waals surface area (Å²) in [6.45, 7) is 6.67. The summed E-state index contributed by atoms with van der Waals surface area (Å²) in [5.41, 5.74) is 7.24. The first-order valence-corrected chi connectivity index (χ1v) is 8.59. The average Bonchev–Trinajstić information content (AvgIpc) is 2.98. The number of hydrogen-bond donors (Lipinski definition) is 2. The normalized spacial score (nSPS) is 23.1. The van der Waals surface area contributed by atoms with Crippen molar-refractivity contribution in [3.8, 4) is 11.9 Å². The lowest BCUT2D eigenvalue weighted by Gasteiger charge is -2.44. The van der Waals surface area contributed by atoms with Crippen molar-refractivity contribution in [1.82, 2.24) is 15.1 Å². The van der Waals surface area contributed by atoms with E-state index < -0.39 is 5.41 Å². The molecule has 3 rings (SSSR count). The van der Waals surface area contributed by atoms with Crippen LogP contribution in [0.1, 0.15) is 37.9 Å². The molecule has 1 atom stereocenters. The number of esters is 1. The Kier molecular flexibility index (Phi) is 4.68. The number of H-pyrrole nitrogens is 1. The van der Waals surface area contributed by atoms with E-state index in [0.717, 1.165) is 31.5 Å². The number of piperidine rings is 1. The van der Waals surface area contributed by atoms with E-state index in [0.29, 0.717) is 30.3 Å². The molecule has 0 amide bonds. The summed E-state index contributed by atoms with van der Waals surface area (Å²) in [6.07, 6.45) is 1.75. The Hall–Kier alpha value is -2.53. The zero-order chi connectivity index (χ0) is 18.0. The molecule has 1 aromatic heterocycles. The van der Waals surface area contributed by atoms with E-state index in [2.05, 4.69) is 28.1 Å². The molecule has 3 N–H and O–H groups in total. The van der Waals surface area contributed by atoms with E-state index in [4.69, 9.17) is 15.2 Å². The molecule has 1 saturated heterocycles. The Balaban J connectivity index is 2.09. The number of carbonyl (C=O) groups is 1. The fourth-order valence-corrected chi connectivity index (χ4v) is 3.91. The van der Waals surface area contributed by atoms with Gasteiger partial charge in [0.1, 0.15) is 11.6 Å². The van der Waals surface area contributed by atoms with Crippen LogP contribution in [0.2, 0.25) is 0 Å². The Morgan fingerprint density at radius 1 is 1.56 bits per heavy atom. The minimum absolute atomic E-state index is 0.0615. The highest BCUT2D eigenvalue weighted by Crippen LogP contribution is 2.48. The van der Waals surface area contributed by atoms with Crippen molar-refractivity contribution in [3.05, 3.63) is 22.7 Å². The zero-order valence-corrected chi connectivity index (χ0v) is 14.6. The molecule has 1 spiro atoms. The van der Waals surface area contributed by atoms with Crippen molar-refractivity contribution < 1.29 is 14.3 Å². The summed E-state index contributed by atoms with van der Waals surface area (Å²) in [4.78, 5) is 14.3. The first kappa shape index (κ1) is 17.3. The molecule has 0 saturated carbocycles. The second-order valence-electron chi connectivity index (χ2n) is 6.37. The molecule has 8 nitrogen and oxygen atoms in total. The second-order valence-corrected chi connectivity index (χ2v) is 6.37. The van der Waals surface area contributed by atoms with Gasteiger partial charge in [-0.1, -0.05) is 6.92 Å². The smallest absolute Gasteiger partial charge is 0.311 e. The minimum Gasteiger partial charge on any atom is -0.466 e. The largest absolute Gasteiger partial charge is 0.466 e. The van der Waals surface area contributed by atoms with E-state index in [1.807, 2.05) is 0 Å². The van der Waals surface area contributed by atoms with Crippen LogP contribution in [0.5, 0.6) is 5.88 Å². The van der Waals surface area contributed by atoms with Gasteiger partial charge in [0.2, 0.25) is 11.8 Å². The predicted molar refractivity (Wildman–Crippen MR) is 89.4 cm³/mol. The number of hydrogen-bond acceptors (Lipinski definition) is 7. The number of aromatic nitrogens is 2. The SMILES string of the molecule is CCOC(=O)Cc1[nH]nc2c1C1(CCCN(CC)C1)C(C#N)=C(N)O2. The summed E-state index contributed by atoms with van der Waals surface area (Å²) in [7, 11) is 0. The summed E-state index contributed by atoms with van der Waals surface area (Å²) >= 11 is 0. The van der Waals surface area contributed by atoms with Crippen LogP contribution in [0.3, 0.4) is 0 Å². The number of ether oxygens (including phenoxy) is 2. The van der Waals surface area contributed by atoms with Gasteiger partial charge in [-0.05, 0) is 32.9 Å². The molecule has 0 bridgehead atoms. The minimum atomic E-state index is -0.602. The number of nitriles is 1. The lowest BCUT2D eigenvalue weighted by molar-refractivity contribution is -0.142. The molecule has 1 fully saturated rings. The third-order valence-corrected chi connectivity index (χ3v) is 4.98. The summed E-state index contributed by atoms with van der Waals surface area (Å²) in [6, 6.07) is 2.24. The van der Waals surface area contributed by atoms with Crippen LogP contribution >= 0.6 is 0 Å². The number of nitrogens with zero attached hydrogens (tertiary/aromatic N) is 3. The van der Waals surface area contributed by atoms with Crippen molar-refractivity contribution in [2.24, 2.45) is 5.73 Å². The first-order valence-electron chi connectivity index (χ1n) is 8.59. The molecule has 1 unspecified atom stereocenters. The summed E-state index contributed by atoms with van der Waals surface area (Å²) < 4.78 is 10.6. The van der Waals surface area contributed by atoms with Gasteiger partial charge in [0, 0.05) is 6.54 Å². The van der Waals surface area contributed by atoms with Crippen molar-refractivity contribution in [1.29, 1.82) is 5.26 Å². The van der Waals surface area contributed by atoms with Crippen LogP contribution in [0, 0.1) is 11.3 Å². The average molecular weight is 345 g/mol. The topological polar surface area (TPSA) is 117 Å². The van der Waals surface area contributed by atoms with Crippen molar-refractivity contribution in [2.45, 2.75) is 38.5 Å². The van der Waals surface area contributed by atoms with E-state index in [1.54, 1.807) is 6.92 Å². The molecule has 8 heteroatoms. The van der Waals surface area contributed by atoms with Crippen molar-refractivity contribution >= 4 is 5.97 Å². The number of fused-ring (bicyclic) bond motifs is 2. The maximum absolute atomic E-state index is 12.0. The van der Waals surface area contributed by atoms with Crippen LogP contribution in [0.4, 0.5) is 0 Å². The van der Waals surface area contributed by atoms with E-state index in [1.165, 1.54) is 0 Å². The van der Waals surface area contributed by atoms with E-state index >= 15 is 0 Å². The molecule has 2 aliphatic rings. The Morgan fingerprint density at radius 3 is 3.04 bits per heavy atom. The summed E-state index contributed by atoms with van der Waals surface area (Å²) in [5.74, 6) is 0.115. The third-order valence-electron chi connectivity index (χ3n) is 4.98. The maximum atomic E-state index is 12.0. The molecule has 0 aromatic carbocycles. The van der Waals surface area contributed by atoms with Crippen LogP contribution in [-0.2, 0) is 21.4 Å². The molecule has 134 valence electrons. The molecule has 25 heavy (non-hydrogen) atoms. The lowest BCUT2D eigenvalue weighted by Crippen LogP contribution is -2.49. The molecular weight excluding hydrogens is 322 g/mol. The van der Waals surface area contributed by atoms with Crippen molar-refractivity contribution in [3.63, 3.8) is 0 Å². The fraction of sp³-hybridized carbons (Fsp3) is 0.588. The predicted octanol–water partition coefficient (Wildman–Crippen LogP) is 0.955. The summed E-state index contributed by atoms with van der Waals surface area (Å²) in [5, 5.41) is 16.8. The number of carbonyl (C=O) groups excluding carboxylic acids is 1. The monoisotopic (exact) mass is 345 g/mol. The quantitative estimate of drug-likeness (QED) is 0.780. The molecular formula is C17H23N5O3. The van der Waals surface area contributed by atoms with Gasteiger partial charge in [0.25, 0.3) is 0 Å². The fourth-order valence-electron chi connectivity index (χ4n) is 3.91. The number of aromatic amines is 1. The highest BCUT2D eigenvalue weighted by molar-refractivity contribution is 5.73. The van der Waals surface area contributed by atoms with Crippen molar-refractivity contribution in [2.75, 3.05) is 26.2 Å². The van der Waals surface area contributed by atoms with Crippen LogP contribution in [-0.4, -0.2) is 47.3 Å². The zero-order valence-electron chi connectivity index (χ0n) is 14.6. The van der Waals surface area contributed by atoms with Gasteiger partial charge in [0.15, 0.2) is 0 Å². The molecule has 3 heterocycles. The van der Waals surface area contributed by atoms with E-state index in [9.17, 15) is 10.1 Å². The Morgan fingerprint density at radius 2 is 2.36 bits per heavy atom. The van der Waals surface area contributed by atoms with Gasteiger partial charge in [-0.3, -0.25) is 9.89 Å². The number of rotatable bonds is 4. The van der Waals surface area contributed by atoms with Gasteiger partial charge in [-0.2, -0.15) is 5.26 Å². The second kappa shape index (κ2) is 6.76. The molecule has 0 aliphatic carbocycles. The van der Waals surface area contributed by atoms with Crippen LogP contribution in [0.25, 0.3) is 0 Å². The number of likely N-dealkylation sites (tertiary alicyclic amines) is 1. The number of nitrogens with one attached hydrogen (secondary N) is 1. The van der Waals surface area contributed by atoms with E-state index in [-0.39, 0.29) is 18.3 Å². The van der Waals surface area contributed by atoms with Gasteiger partial charge in [-0.25, -0.2) is 0 Å². The molecule has 0 radical (unpaired) electrons. The van der Waals surface area contributed by atoms with Crippen LogP contribution in [0.15, 0.2) is 11.5 Å². The molecule has 2 aliphatic heterocycles. The van der Waals surface area contributed by atoms with Gasteiger partial charge in [0.05, 0.1) is 29.7 Å². The highest BCUT2D eigenvalue weighted by Gasteiger charge is 2.49. The van der Waals surface area contributed by atoms with Gasteiger partial charge >= 0.3 is 5.97 Å². The third kappa shape index (κ3) is 2.85.